The fraction of sp³-hybridized carbons (Fsp3) is 0.625. The van der Waals surface area contributed by atoms with Crippen LogP contribution in [-0.4, -0.2) is 49.1 Å². The van der Waals surface area contributed by atoms with Crippen molar-refractivity contribution in [1.29, 1.82) is 0 Å². The molecule has 0 aliphatic carbocycles. The Bertz CT molecular complexity index is 418. The normalized spacial score (nSPS) is 24.6. The molecule has 0 amide bonds. The van der Waals surface area contributed by atoms with Crippen molar-refractivity contribution in [1.82, 2.24) is 15.1 Å². The van der Waals surface area contributed by atoms with Gasteiger partial charge in [0, 0.05) is 38.8 Å². The summed E-state index contributed by atoms with van der Waals surface area (Å²) in [5, 5.41) is 3.27. The van der Waals surface area contributed by atoms with Crippen molar-refractivity contribution in [3.05, 3.63) is 35.4 Å². The lowest BCUT2D eigenvalue weighted by Gasteiger charge is -2.37. The molecule has 104 valence electrons. The molecule has 2 aliphatic heterocycles. The summed E-state index contributed by atoms with van der Waals surface area (Å²) >= 11 is 0. The summed E-state index contributed by atoms with van der Waals surface area (Å²) in [6, 6.07) is 9.67. The predicted octanol–water partition coefficient (Wildman–Crippen LogP) is 1.69. The molecule has 1 N–H and O–H groups in total. The van der Waals surface area contributed by atoms with E-state index in [1.807, 2.05) is 7.05 Å². The van der Waals surface area contributed by atoms with Gasteiger partial charge < -0.3 is 5.32 Å². The van der Waals surface area contributed by atoms with Gasteiger partial charge in [0.15, 0.2) is 0 Å². The molecule has 2 fully saturated rings. The lowest BCUT2D eigenvalue weighted by molar-refractivity contribution is 0.0991. The van der Waals surface area contributed by atoms with Gasteiger partial charge in [-0.3, -0.25) is 9.80 Å². The molecule has 0 radical (unpaired) electrons. The van der Waals surface area contributed by atoms with Crippen LogP contribution in [0, 0.1) is 0 Å². The van der Waals surface area contributed by atoms with Crippen molar-refractivity contribution in [2.75, 3.05) is 33.2 Å². The second kappa shape index (κ2) is 6.04. The third-order valence-corrected chi connectivity index (χ3v) is 4.55. The van der Waals surface area contributed by atoms with E-state index in [4.69, 9.17) is 0 Å². The maximum Gasteiger partial charge on any atom is 0.0238 e. The van der Waals surface area contributed by atoms with Gasteiger partial charge in [-0.15, -0.1) is 0 Å². The molecule has 3 heteroatoms. The highest BCUT2D eigenvalue weighted by atomic mass is 15.3. The highest BCUT2D eigenvalue weighted by Gasteiger charge is 2.30. The summed E-state index contributed by atoms with van der Waals surface area (Å²) in [5.74, 6) is 0. The third-order valence-electron chi connectivity index (χ3n) is 4.55. The predicted molar refractivity (Wildman–Crippen MR) is 79.1 cm³/mol. The van der Waals surface area contributed by atoms with Gasteiger partial charge in [0.05, 0.1) is 0 Å². The third kappa shape index (κ3) is 2.99. The van der Waals surface area contributed by atoms with Crippen molar-refractivity contribution in [2.24, 2.45) is 0 Å². The van der Waals surface area contributed by atoms with Gasteiger partial charge in [-0.25, -0.2) is 0 Å². The van der Waals surface area contributed by atoms with Crippen LogP contribution < -0.4 is 5.32 Å². The van der Waals surface area contributed by atoms with E-state index in [0.29, 0.717) is 0 Å². The Balaban J connectivity index is 1.65. The fourth-order valence-corrected chi connectivity index (χ4v) is 3.51. The van der Waals surface area contributed by atoms with Crippen LogP contribution in [0.3, 0.4) is 0 Å². The molecule has 1 unspecified atom stereocenters. The summed E-state index contributed by atoms with van der Waals surface area (Å²) in [6.45, 7) is 7.16. The van der Waals surface area contributed by atoms with E-state index in [0.717, 1.165) is 19.1 Å². The molecule has 3 nitrogen and oxygen atoms in total. The van der Waals surface area contributed by atoms with Gasteiger partial charge in [0.25, 0.3) is 0 Å². The van der Waals surface area contributed by atoms with E-state index in [9.17, 15) is 0 Å². The molecule has 0 bridgehead atoms. The zero-order valence-corrected chi connectivity index (χ0v) is 11.9. The van der Waals surface area contributed by atoms with Crippen molar-refractivity contribution < 1.29 is 0 Å². The number of fused-ring (bicyclic) bond motifs is 1. The molecule has 3 rings (SSSR count). The van der Waals surface area contributed by atoms with Crippen LogP contribution >= 0.6 is 0 Å². The van der Waals surface area contributed by atoms with E-state index >= 15 is 0 Å². The Morgan fingerprint density at radius 2 is 2.00 bits per heavy atom. The highest BCUT2D eigenvalue weighted by Crippen LogP contribution is 2.23. The molecule has 0 spiro atoms. The molecule has 1 aromatic rings. The summed E-state index contributed by atoms with van der Waals surface area (Å²) < 4.78 is 0. The largest absolute Gasteiger partial charge is 0.316 e. The highest BCUT2D eigenvalue weighted by molar-refractivity contribution is 5.27. The number of hydrogen-bond acceptors (Lipinski definition) is 3. The fourth-order valence-electron chi connectivity index (χ4n) is 3.51. The first-order valence-corrected chi connectivity index (χ1v) is 7.54. The maximum atomic E-state index is 3.27. The van der Waals surface area contributed by atoms with Crippen LogP contribution in [0.4, 0.5) is 0 Å². The number of rotatable bonds is 4. The number of hydrogen-bond donors (Lipinski definition) is 1. The second-order valence-corrected chi connectivity index (χ2v) is 5.87. The molecule has 2 saturated heterocycles. The summed E-state index contributed by atoms with van der Waals surface area (Å²) in [7, 11) is 2.02. The standard InChI is InChI=1S/C16H25N3/c1-17-11-14-5-2-3-6-15(14)12-18-9-10-19-8-4-7-16(19)13-18/h2-3,5-6,16-17H,4,7-13H2,1H3. The Labute approximate surface area is 116 Å². The monoisotopic (exact) mass is 259 g/mol. The Morgan fingerprint density at radius 1 is 1.16 bits per heavy atom. The van der Waals surface area contributed by atoms with E-state index in [1.54, 1.807) is 0 Å². The molecule has 0 saturated carbocycles. The molecule has 2 aliphatic rings. The maximum absolute atomic E-state index is 3.27. The first-order chi connectivity index (χ1) is 9.36. The van der Waals surface area contributed by atoms with E-state index in [1.165, 1.54) is 50.1 Å². The van der Waals surface area contributed by atoms with Crippen LogP contribution in [0.1, 0.15) is 24.0 Å². The van der Waals surface area contributed by atoms with Crippen molar-refractivity contribution in [2.45, 2.75) is 32.0 Å². The molecule has 1 atom stereocenters. The summed E-state index contributed by atoms with van der Waals surface area (Å²) in [5.41, 5.74) is 2.93. The summed E-state index contributed by atoms with van der Waals surface area (Å²) in [6.07, 6.45) is 2.80. The Hall–Kier alpha value is -0.900. The number of nitrogens with zero attached hydrogens (tertiary/aromatic N) is 2. The molecule has 0 aromatic heterocycles. The van der Waals surface area contributed by atoms with Gasteiger partial charge in [-0.2, -0.15) is 0 Å². The van der Waals surface area contributed by atoms with Crippen molar-refractivity contribution in [3.63, 3.8) is 0 Å². The lowest BCUT2D eigenvalue weighted by Crippen LogP contribution is -2.49. The molecule has 2 heterocycles. The zero-order valence-electron chi connectivity index (χ0n) is 11.9. The van der Waals surface area contributed by atoms with Crippen molar-refractivity contribution in [3.8, 4) is 0 Å². The van der Waals surface area contributed by atoms with Crippen LogP contribution in [0.15, 0.2) is 24.3 Å². The number of piperazine rings is 1. The number of nitrogens with one attached hydrogen (secondary N) is 1. The quantitative estimate of drug-likeness (QED) is 0.887. The smallest absolute Gasteiger partial charge is 0.0238 e. The van der Waals surface area contributed by atoms with Crippen molar-refractivity contribution >= 4 is 0 Å². The SMILES string of the molecule is CNCc1ccccc1CN1CCN2CCCC2C1. The average molecular weight is 259 g/mol. The first-order valence-electron chi connectivity index (χ1n) is 7.54. The van der Waals surface area contributed by atoms with Gasteiger partial charge >= 0.3 is 0 Å². The van der Waals surface area contributed by atoms with Gasteiger partial charge in [0.2, 0.25) is 0 Å². The molecular weight excluding hydrogens is 234 g/mol. The molecule has 19 heavy (non-hydrogen) atoms. The van der Waals surface area contributed by atoms with Crippen LogP contribution in [-0.2, 0) is 13.1 Å². The minimum atomic E-state index is 0.824. The molecule has 1 aromatic carbocycles. The van der Waals surface area contributed by atoms with Crippen LogP contribution in [0.25, 0.3) is 0 Å². The molecular formula is C16H25N3. The van der Waals surface area contributed by atoms with Gasteiger partial charge in [-0.05, 0) is 37.6 Å². The lowest BCUT2D eigenvalue weighted by atomic mass is 10.1. The number of benzene rings is 1. The minimum absolute atomic E-state index is 0.824. The topological polar surface area (TPSA) is 18.5 Å². The Morgan fingerprint density at radius 3 is 2.84 bits per heavy atom. The minimum Gasteiger partial charge on any atom is -0.316 e. The second-order valence-electron chi connectivity index (χ2n) is 5.87. The van der Waals surface area contributed by atoms with Gasteiger partial charge in [0.1, 0.15) is 0 Å². The van der Waals surface area contributed by atoms with Crippen LogP contribution in [0.2, 0.25) is 0 Å². The van der Waals surface area contributed by atoms with E-state index in [2.05, 4.69) is 39.4 Å². The average Bonchev–Trinajstić information content (AvgIpc) is 2.89. The van der Waals surface area contributed by atoms with Crippen LogP contribution in [0.5, 0.6) is 0 Å². The summed E-state index contributed by atoms with van der Waals surface area (Å²) in [4.78, 5) is 5.32. The van der Waals surface area contributed by atoms with Gasteiger partial charge in [-0.1, -0.05) is 24.3 Å². The van der Waals surface area contributed by atoms with E-state index in [-0.39, 0.29) is 0 Å². The van der Waals surface area contributed by atoms with E-state index < -0.39 is 0 Å². The zero-order chi connectivity index (χ0) is 13.1. The first kappa shape index (κ1) is 13.1. The Kier molecular flexibility index (Phi) is 4.16.